The quantitative estimate of drug-likeness (QED) is 0.813. The van der Waals surface area contributed by atoms with Gasteiger partial charge in [-0.3, -0.25) is 14.7 Å². The number of nitrogens with one attached hydrogen (secondary N) is 1. The first kappa shape index (κ1) is 18.0. The molecule has 0 aromatic heterocycles. The third-order valence-electron chi connectivity index (χ3n) is 3.72. The third kappa shape index (κ3) is 4.43. The van der Waals surface area contributed by atoms with E-state index in [4.69, 9.17) is 0 Å². The van der Waals surface area contributed by atoms with E-state index in [-0.39, 0.29) is 11.3 Å². The minimum atomic E-state index is -0.531. The van der Waals surface area contributed by atoms with Crippen molar-refractivity contribution < 1.29 is 4.79 Å². The summed E-state index contributed by atoms with van der Waals surface area (Å²) in [5, 5.41) is 3.34. The first-order valence-electron chi connectivity index (χ1n) is 7.72. The van der Waals surface area contributed by atoms with Crippen molar-refractivity contribution >= 4 is 11.9 Å². The van der Waals surface area contributed by atoms with Gasteiger partial charge in [-0.25, -0.2) is 0 Å². The maximum atomic E-state index is 12.9. The van der Waals surface area contributed by atoms with Crippen molar-refractivity contribution in [3.8, 4) is 0 Å². The predicted octanol–water partition coefficient (Wildman–Crippen LogP) is 1.80. The molecule has 1 saturated heterocycles. The highest BCUT2D eigenvalue weighted by Crippen LogP contribution is 2.28. The summed E-state index contributed by atoms with van der Waals surface area (Å²) in [5.74, 6) is 1.30. The summed E-state index contributed by atoms with van der Waals surface area (Å²) < 4.78 is 0. The van der Waals surface area contributed by atoms with Gasteiger partial charge in [0.15, 0.2) is 0 Å². The van der Waals surface area contributed by atoms with Crippen LogP contribution in [0, 0.1) is 11.3 Å². The molecule has 1 amide bonds. The van der Waals surface area contributed by atoms with Gasteiger partial charge in [-0.1, -0.05) is 27.7 Å². The summed E-state index contributed by atoms with van der Waals surface area (Å²) in [7, 11) is 5.86. The van der Waals surface area contributed by atoms with E-state index in [1.807, 2.05) is 11.8 Å². The number of carbonyl (C=O) groups excluding carboxylic acids is 1. The molecule has 1 N–H and O–H groups in total. The van der Waals surface area contributed by atoms with Gasteiger partial charge in [0.05, 0.1) is 0 Å². The predicted molar refractivity (Wildman–Crippen MR) is 88.4 cm³/mol. The van der Waals surface area contributed by atoms with Crippen LogP contribution in [0.5, 0.6) is 0 Å². The van der Waals surface area contributed by atoms with E-state index in [2.05, 4.69) is 57.0 Å². The Morgan fingerprint density at radius 2 is 1.95 bits per heavy atom. The number of rotatable bonds is 6. The lowest BCUT2D eigenvalue weighted by Crippen LogP contribution is -2.46. The lowest BCUT2D eigenvalue weighted by atomic mass is 9.89. The average Bonchev–Trinajstić information content (AvgIpc) is 2.50. The second-order valence-corrected chi connectivity index (χ2v) is 7.90. The number of nitrogens with zero attached hydrogens (tertiary/aromatic N) is 3. The highest BCUT2D eigenvalue weighted by molar-refractivity contribution is 6.08. The number of aliphatic imine (C=N–C) groups is 1. The van der Waals surface area contributed by atoms with E-state index >= 15 is 0 Å². The normalized spacial score (nSPS) is 25.3. The van der Waals surface area contributed by atoms with Crippen LogP contribution in [0.3, 0.4) is 0 Å². The highest BCUT2D eigenvalue weighted by Gasteiger charge is 2.47. The van der Waals surface area contributed by atoms with Gasteiger partial charge in [0.25, 0.3) is 5.91 Å². The van der Waals surface area contributed by atoms with Crippen molar-refractivity contribution in [3.63, 3.8) is 0 Å². The largest absolute Gasteiger partial charge is 0.342 e. The Labute approximate surface area is 129 Å². The van der Waals surface area contributed by atoms with Crippen LogP contribution in [0.4, 0.5) is 0 Å². The number of hydrogen-bond acceptors (Lipinski definition) is 3. The van der Waals surface area contributed by atoms with Gasteiger partial charge in [0.1, 0.15) is 5.54 Å². The lowest BCUT2D eigenvalue weighted by molar-refractivity contribution is -0.132. The van der Waals surface area contributed by atoms with Gasteiger partial charge >= 0.3 is 0 Å². The molecule has 0 aromatic rings. The molecule has 5 heteroatoms. The third-order valence-corrected chi connectivity index (χ3v) is 3.72. The number of carbonyl (C=O) groups is 1. The van der Waals surface area contributed by atoms with E-state index < -0.39 is 5.54 Å². The Kier molecular flexibility index (Phi) is 5.42. The minimum absolute atomic E-state index is 0.0138. The highest BCUT2D eigenvalue weighted by atomic mass is 16.2. The monoisotopic (exact) mass is 296 g/mol. The molecule has 122 valence electrons. The molecule has 0 saturated carbocycles. The number of hydrogen-bond donors (Lipinski definition) is 1. The maximum absolute atomic E-state index is 12.9. The SMILES string of the molecule is C/N=C1\NC(C)(CC(C)C)C(=O)N1CC(C)(C)CN(C)C. The smallest absolute Gasteiger partial charge is 0.254 e. The van der Waals surface area contributed by atoms with Crippen molar-refractivity contribution in [1.29, 1.82) is 0 Å². The standard InChI is InChI=1S/C16H32N4O/c1-12(2)9-16(5)13(21)20(14(17-6)18-16)11-15(3,4)10-19(7)8/h12H,9-11H2,1-8H3,(H,17,18). The number of amides is 1. The fraction of sp³-hybridized carbons (Fsp3) is 0.875. The zero-order valence-electron chi connectivity index (χ0n) is 14.9. The van der Waals surface area contributed by atoms with Crippen molar-refractivity contribution in [2.24, 2.45) is 16.3 Å². The van der Waals surface area contributed by atoms with Crippen molar-refractivity contribution in [2.45, 2.75) is 46.6 Å². The first-order chi connectivity index (χ1) is 9.50. The zero-order valence-corrected chi connectivity index (χ0v) is 14.9. The summed E-state index contributed by atoms with van der Waals surface area (Å²) in [6.07, 6.45) is 0.815. The lowest BCUT2D eigenvalue weighted by Gasteiger charge is -2.32. The van der Waals surface area contributed by atoms with E-state index in [1.165, 1.54) is 0 Å². The Morgan fingerprint density at radius 3 is 2.38 bits per heavy atom. The van der Waals surface area contributed by atoms with Gasteiger partial charge in [-0.05, 0) is 38.8 Å². The Hall–Kier alpha value is -1.10. The van der Waals surface area contributed by atoms with Crippen LogP contribution < -0.4 is 5.32 Å². The van der Waals surface area contributed by atoms with E-state index in [0.717, 1.165) is 13.0 Å². The average molecular weight is 296 g/mol. The Morgan fingerprint density at radius 1 is 1.38 bits per heavy atom. The fourth-order valence-corrected chi connectivity index (χ4v) is 3.37. The second-order valence-electron chi connectivity index (χ2n) is 7.90. The van der Waals surface area contributed by atoms with Crippen LogP contribution in [-0.2, 0) is 4.79 Å². The molecule has 21 heavy (non-hydrogen) atoms. The summed E-state index contributed by atoms with van der Waals surface area (Å²) in [6, 6.07) is 0. The van der Waals surface area contributed by atoms with E-state index in [0.29, 0.717) is 18.4 Å². The van der Waals surface area contributed by atoms with E-state index in [1.54, 1.807) is 7.05 Å². The molecule has 1 atom stereocenters. The van der Waals surface area contributed by atoms with Gasteiger partial charge in [-0.15, -0.1) is 0 Å². The number of guanidine groups is 1. The van der Waals surface area contributed by atoms with Gasteiger partial charge in [0.2, 0.25) is 5.96 Å². The molecule has 0 spiro atoms. The van der Waals surface area contributed by atoms with Gasteiger partial charge in [0, 0.05) is 20.1 Å². The van der Waals surface area contributed by atoms with Crippen LogP contribution in [0.1, 0.15) is 41.0 Å². The summed E-state index contributed by atoms with van der Waals surface area (Å²) in [4.78, 5) is 21.1. The maximum Gasteiger partial charge on any atom is 0.254 e. The van der Waals surface area contributed by atoms with Gasteiger partial charge in [-0.2, -0.15) is 0 Å². The molecular weight excluding hydrogens is 264 g/mol. The van der Waals surface area contributed by atoms with Crippen LogP contribution in [-0.4, -0.2) is 61.4 Å². The Bertz CT molecular complexity index is 415. The second kappa shape index (κ2) is 6.34. The van der Waals surface area contributed by atoms with Crippen LogP contribution >= 0.6 is 0 Å². The molecule has 1 heterocycles. The topological polar surface area (TPSA) is 47.9 Å². The molecule has 1 aliphatic heterocycles. The Balaban J connectivity index is 2.94. The molecule has 1 aliphatic rings. The van der Waals surface area contributed by atoms with Crippen LogP contribution in [0.15, 0.2) is 4.99 Å². The molecule has 1 fully saturated rings. The van der Waals surface area contributed by atoms with Crippen molar-refractivity contribution in [1.82, 2.24) is 15.1 Å². The van der Waals surface area contributed by atoms with Crippen LogP contribution in [0.25, 0.3) is 0 Å². The molecule has 1 rings (SSSR count). The fourth-order valence-electron chi connectivity index (χ4n) is 3.37. The molecule has 0 radical (unpaired) electrons. The molecule has 5 nitrogen and oxygen atoms in total. The van der Waals surface area contributed by atoms with E-state index in [9.17, 15) is 4.79 Å². The molecule has 0 aliphatic carbocycles. The molecule has 0 aromatic carbocycles. The summed E-state index contributed by atoms with van der Waals surface area (Å²) in [5.41, 5.74) is -0.517. The molecule has 0 bridgehead atoms. The van der Waals surface area contributed by atoms with Crippen molar-refractivity contribution in [2.75, 3.05) is 34.2 Å². The van der Waals surface area contributed by atoms with Gasteiger partial charge < -0.3 is 10.2 Å². The first-order valence-corrected chi connectivity index (χ1v) is 7.72. The molecule has 1 unspecified atom stereocenters. The van der Waals surface area contributed by atoms with Crippen LogP contribution in [0.2, 0.25) is 0 Å². The van der Waals surface area contributed by atoms with Crippen molar-refractivity contribution in [3.05, 3.63) is 0 Å². The molecular formula is C16H32N4O. The zero-order chi connectivity index (χ0) is 16.4. The summed E-state index contributed by atoms with van der Waals surface area (Å²) >= 11 is 0. The minimum Gasteiger partial charge on any atom is -0.342 e. The summed E-state index contributed by atoms with van der Waals surface area (Å²) in [6.45, 7) is 12.2.